The van der Waals surface area contributed by atoms with Crippen molar-refractivity contribution in [1.29, 1.82) is 0 Å². The molecule has 0 saturated carbocycles. The molecule has 3 aromatic rings. The second-order valence-corrected chi connectivity index (χ2v) is 10.3. The summed E-state index contributed by atoms with van der Waals surface area (Å²) in [7, 11) is 1.65. The number of hydrogen-bond acceptors (Lipinski definition) is 5. The molecule has 0 radical (unpaired) electrons. The Hall–Kier alpha value is -3.35. The molecule has 3 aromatic carbocycles. The topological polar surface area (TPSA) is 54.0 Å². The molecule has 0 aliphatic carbocycles. The predicted molar refractivity (Wildman–Crippen MR) is 152 cm³/mol. The third-order valence-corrected chi connectivity index (χ3v) is 7.96. The molecule has 0 spiro atoms. The second kappa shape index (κ2) is 11.6. The van der Waals surface area contributed by atoms with E-state index < -0.39 is 0 Å². The largest absolute Gasteiger partial charge is 0.493 e. The Labute approximate surface area is 226 Å². The highest BCUT2D eigenvalue weighted by molar-refractivity contribution is 5.98. The van der Waals surface area contributed by atoms with E-state index in [4.69, 9.17) is 9.47 Å². The van der Waals surface area contributed by atoms with Crippen LogP contribution in [-0.2, 0) is 11.2 Å². The molecular formula is C32H39N3O3. The monoisotopic (exact) mass is 513 g/mol. The molecule has 2 aliphatic rings. The molecule has 38 heavy (non-hydrogen) atoms. The zero-order valence-corrected chi connectivity index (χ0v) is 22.9. The minimum absolute atomic E-state index is 0.0590. The minimum Gasteiger partial charge on any atom is -0.493 e. The van der Waals surface area contributed by atoms with Crippen LogP contribution in [-0.4, -0.2) is 50.2 Å². The third kappa shape index (κ3) is 5.29. The van der Waals surface area contributed by atoms with Crippen LogP contribution in [0.1, 0.15) is 61.5 Å². The van der Waals surface area contributed by atoms with Gasteiger partial charge in [0.25, 0.3) is 0 Å². The van der Waals surface area contributed by atoms with Crippen LogP contribution < -0.4 is 19.7 Å². The van der Waals surface area contributed by atoms with Crippen LogP contribution in [0.5, 0.6) is 11.5 Å². The van der Waals surface area contributed by atoms with Crippen LogP contribution in [0, 0.1) is 0 Å². The van der Waals surface area contributed by atoms with E-state index in [1.807, 2.05) is 29.2 Å². The maximum absolute atomic E-state index is 13.8. The van der Waals surface area contributed by atoms with Crippen LogP contribution in [0.15, 0.2) is 66.7 Å². The zero-order chi connectivity index (χ0) is 26.6. The third-order valence-electron chi connectivity index (χ3n) is 7.96. The summed E-state index contributed by atoms with van der Waals surface area (Å²) in [6.07, 6.45) is 1.27. The normalized spacial score (nSPS) is 19.5. The summed E-state index contributed by atoms with van der Waals surface area (Å²) in [5.74, 6) is 1.46. The van der Waals surface area contributed by atoms with Gasteiger partial charge in [-0.05, 0) is 66.8 Å². The number of anilines is 1. The Bertz CT molecular complexity index is 1240. The summed E-state index contributed by atoms with van der Waals surface area (Å²) in [6.45, 7) is 10.6. The average Bonchev–Trinajstić information content (AvgIpc) is 2.97. The molecule has 5 rings (SSSR count). The quantitative estimate of drug-likeness (QED) is 0.430. The Morgan fingerprint density at radius 3 is 2.34 bits per heavy atom. The molecule has 2 aliphatic heterocycles. The van der Waals surface area contributed by atoms with Crippen LogP contribution in [0.4, 0.5) is 5.69 Å². The number of piperazine rings is 1. The van der Waals surface area contributed by atoms with E-state index in [2.05, 4.69) is 73.5 Å². The van der Waals surface area contributed by atoms with Crippen LogP contribution in [0.2, 0.25) is 0 Å². The van der Waals surface area contributed by atoms with E-state index in [0.717, 1.165) is 60.7 Å². The van der Waals surface area contributed by atoms with Crippen molar-refractivity contribution in [3.8, 4) is 11.5 Å². The van der Waals surface area contributed by atoms with Gasteiger partial charge in [-0.15, -0.1) is 0 Å². The lowest BCUT2D eigenvalue weighted by Crippen LogP contribution is -2.44. The first-order chi connectivity index (χ1) is 18.5. The highest BCUT2D eigenvalue weighted by atomic mass is 16.5. The number of amides is 1. The van der Waals surface area contributed by atoms with Crippen molar-refractivity contribution in [3.05, 3.63) is 89.0 Å². The first kappa shape index (κ1) is 26.3. The number of methoxy groups -OCH3 is 1. The fraction of sp³-hybridized carbons (Fsp3) is 0.406. The number of benzene rings is 3. The standard InChI is InChI=1S/C32H39N3O3/c1-5-22(2)38-30-21-28-26(19-29(30)37-4)20-31(36)35(32(28)25-9-7-6-8-10-25)27-13-11-24(12-14-27)23(3)34-17-15-33-16-18-34/h6-14,19,21-23,32-33H,5,15-18,20H2,1-4H3. The van der Waals surface area contributed by atoms with Gasteiger partial charge in [0.05, 0.1) is 25.7 Å². The zero-order valence-electron chi connectivity index (χ0n) is 22.9. The van der Waals surface area contributed by atoms with E-state index in [0.29, 0.717) is 18.2 Å². The summed E-state index contributed by atoms with van der Waals surface area (Å²) in [6, 6.07) is 23.0. The molecule has 1 saturated heterocycles. The number of hydrogen-bond donors (Lipinski definition) is 1. The number of fused-ring (bicyclic) bond motifs is 1. The SMILES string of the molecule is CCC(C)Oc1cc2c(cc1OC)CC(=O)N(c1ccc(C(C)N3CCNCC3)cc1)C2c1ccccc1. The van der Waals surface area contributed by atoms with E-state index >= 15 is 0 Å². The van der Waals surface area contributed by atoms with Crippen molar-refractivity contribution in [3.63, 3.8) is 0 Å². The summed E-state index contributed by atoms with van der Waals surface area (Å²) in [5, 5.41) is 3.43. The van der Waals surface area contributed by atoms with Gasteiger partial charge in [0.2, 0.25) is 5.91 Å². The van der Waals surface area contributed by atoms with E-state index in [-0.39, 0.29) is 18.1 Å². The van der Waals surface area contributed by atoms with E-state index in [1.165, 1.54) is 5.56 Å². The smallest absolute Gasteiger partial charge is 0.232 e. The number of carbonyl (C=O) groups excluding carboxylic acids is 1. The van der Waals surface area contributed by atoms with Gasteiger partial charge in [-0.3, -0.25) is 9.69 Å². The highest BCUT2D eigenvalue weighted by Crippen LogP contribution is 2.43. The van der Waals surface area contributed by atoms with Gasteiger partial charge in [0.1, 0.15) is 0 Å². The van der Waals surface area contributed by atoms with Gasteiger partial charge < -0.3 is 19.7 Å². The number of nitrogens with zero attached hydrogens (tertiary/aromatic N) is 2. The maximum atomic E-state index is 13.8. The molecule has 3 unspecified atom stereocenters. The van der Waals surface area contributed by atoms with Crippen LogP contribution in [0.3, 0.4) is 0 Å². The number of ether oxygens (including phenoxy) is 2. The first-order valence-electron chi connectivity index (χ1n) is 13.8. The lowest BCUT2D eigenvalue weighted by Gasteiger charge is -2.38. The van der Waals surface area contributed by atoms with Gasteiger partial charge >= 0.3 is 0 Å². The minimum atomic E-state index is -0.255. The fourth-order valence-electron chi connectivity index (χ4n) is 5.56. The Morgan fingerprint density at radius 1 is 0.974 bits per heavy atom. The summed E-state index contributed by atoms with van der Waals surface area (Å²) in [5.41, 5.74) is 5.31. The summed E-state index contributed by atoms with van der Waals surface area (Å²) >= 11 is 0. The molecule has 6 heteroatoms. The molecule has 1 N–H and O–H groups in total. The van der Waals surface area contributed by atoms with Crippen LogP contribution in [0.25, 0.3) is 0 Å². The Morgan fingerprint density at radius 2 is 1.68 bits per heavy atom. The van der Waals surface area contributed by atoms with Gasteiger partial charge in [0.15, 0.2) is 11.5 Å². The highest BCUT2D eigenvalue weighted by Gasteiger charge is 2.36. The molecule has 1 amide bonds. The summed E-state index contributed by atoms with van der Waals surface area (Å²) in [4.78, 5) is 18.2. The number of rotatable bonds is 8. The van der Waals surface area contributed by atoms with Crippen LogP contribution >= 0.6 is 0 Å². The lowest BCUT2D eigenvalue weighted by molar-refractivity contribution is -0.118. The van der Waals surface area contributed by atoms with Crippen molar-refractivity contribution in [2.24, 2.45) is 0 Å². The Balaban J connectivity index is 1.54. The predicted octanol–water partition coefficient (Wildman–Crippen LogP) is 5.52. The summed E-state index contributed by atoms with van der Waals surface area (Å²) < 4.78 is 11.9. The van der Waals surface area contributed by atoms with Gasteiger partial charge in [-0.2, -0.15) is 0 Å². The van der Waals surface area contributed by atoms with Gasteiger partial charge in [-0.25, -0.2) is 0 Å². The molecule has 3 atom stereocenters. The van der Waals surface area contributed by atoms with Crippen molar-refractivity contribution in [1.82, 2.24) is 10.2 Å². The molecule has 0 aromatic heterocycles. The second-order valence-electron chi connectivity index (χ2n) is 10.3. The first-order valence-corrected chi connectivity index (χ1v) is 13.8. The molecule has 0 bridgehead atoms. The molecule has 200 valence electrons. The molecule has 2 heterocycles. The van der Waals surface area contributed by atoms with Gasteiger partial charge in [0, 0.05) is 37.9 Å². The van der Waals surface area contributed by atoms with Crippen molar-refractivity contribution < 1.29 is 14.3 Å². The van der Waals surface area contributed by atoms with Crippen molar-refractivity contribution >= 4 is 11.6 Å². The number of nitrogens with one attached hydrogen (secondary N) is 1. The van der Waals surface area contributed by atoms with E-state index in [9.17, 15) is 4.79 Å². The average molecular weight is 514 g/mol. The molecular weight excluding hydrogens is 474 g/mol. The van der Waals surface area contributed by atoms with Crippen molar-refractivity contribution in [2.75, 3.05) is 38.2 Å². The fourth-order valence-corrected chi connectivity index (χ4v) is 5.56. The van der Waals surface area contributed by atoms with Gasteiger partial charge in [-0.1, -0.05) is 49.4 Å². The maximum Gasteiger partial charge on any atom is 0.232 e. The number of carbonyl (C=O) groups is 1. The lowest BCUT2D eigenvalue weighted by atomic mass is 9.86. The Kier molecular flexibility index (Phi) is 8.01. The van der Waals surface area contributed by atoms with Crippen molar-refractivity contribution in [2.45, 2.75) is 51.8 Å². The molecule has 6 nitrogen and oxygen atoms in total. The molecule has 1 fully saturated rings. The van der Waals surface area contributed by atoms with E-state index in [1.54, 1.807) is 7.11 Å².